The van der Waals surface area contributed by atoms with Gasteiger partial charge in [0, 0.05) is 42.5 Å². The van der Waals surface area contributed by atoms with E-state index in [1.54, 1.807) is 29.0 Å². The second kappa shape index (κ2) is 7.55. The van der Waals surface area contributed by atoms with Crippen molar-refractivity contribution in [1.29, 1.82) is 0 Å². The number of benzene rings is 1. The third-order valence-corrected chi connectivity index (χ3v) is 4.94. The van der Waals surface area contributed by atoms with Gasteiger partial charge in [0.1, 0.15) is 11.4 Å². The average Bonchev–Trinajstić information content (AvgIpc) is 3.07. The van der Waals surface area contributed by atoms with Crippen molar-refractivity contribution in [1.82, 2.24) is 20.0 Å². The Morgan fingerprint density at radius 1 is 1.50 bits per heavy atom. The maximum atomic E-state index is 12.7. The quantitative estimate of drug-likeness (QED) is 0.887. The zero-order valence-electron chi connectivity index (χ0n) is 15.2. The number of nitrogens with zero attached hydrogens (tertiary/aromatic N) is 3. The Morgan fingerprint density at radius 2 is 2.31 bits per heavy atom. The minimum atomic E-state index is -0.577. The number of morpholine rings is 1. The van der Waals surface area contributed by atoms with Crippen LogP contribution in [0, 0.1) is 0 Å². The molecule has 0 radical (unpaired) electrons. The van der Waals surface area contributed by atoms with Gasteiger partial charge in [0.15, 0.2) is 0 Å². The van der Waals surface area contributed by atoms with Gasteiger partial charge in [0.05, 0.1) is 26.5 Å². The maximum absolute atomic E-state index is 12.7. The molecule has 0 aliphatic carbocycles. The summed E-state index contributed by atoms with van der Waals surface area (Å²) in [5, 5.41) is 7.69. The first-order valence-electron chi connectivity index (χ1n) is 8.40. The lowest BCUT2D eigenvalue weighted by Gasteiger charge is -2.40. The Kier molecular flexibility index (Phi) is 5.38. The summed E-state index contributed by atoms with van der Waals surface area (Å²) in [4.78, 5) is 14.4. The number of aryl methyl sites for hydroxylation is 1. The van der Waals surface area contributed by atoms with Crippen molar-refractivity contribution in [3.05, 3.63) is 46.7 Å². The SMILES string of the molecule is COc1cccc(Cl)c1CNC(=O)N1CCOC(C)(c2cnn(C)c2)C1. The Labute approximate surface area is 157 Å². The van der Waals surface area contributed by atoms with E-state index in [2.05, 4.69) is 10.4 Å². The summed E-state index contributed by atoms with van der Waals surface area (Å²) in [6, 6.07) is 5.25. The zero-order chi connectivity index (χ0) is 18.7. The van der Waals surface area contributed by atoms with Crippen LogP contribution in [-0.2, 0) is 23.9 Å². The van der Waals surface area contributed by atoms with E-state index < -0.39 is 5.60 Å². The van der Waals surface area contributed by atoms with Crippen LogP contribution in [0.3, 0.4) is 0 Å². The van der Waals surface area contributed by atoms with Crippen molar-refractivity contribution < 1.29 is 14.3 Å². The highest BCUT2D eigenvalue weighted by atomic mass is 35.5. The first kappa shape index (κ1) is 18.5. The van der Waals surface area contributed by atoms with E-state index in [1.807, 2.05) is 32.3 Å². The van der Waals surface area contributed by atoms with Crippen LogP contribution in [0.2, 0.25) is 5.02 Å². The first-order valence-corrected chi connectivity index (χ1v) is 8.78. The highest BCUT2D eigenvalue weighted by Gasteiger charge is 2.36. The van der Waals surface area contributed by atoms with Crippen molar-refractivity contribution in [3.63, 3.8) is 0 Å². The number of methoxy groups -OCH3 is 1. The molecule has 0 saturated carbocycles. The second-order valence-electron chi connectivity index (χ2n) is 6.48. The number of rotatable bonds is 4. The third kappa shape index (κ3) is 3.78. The van der Waals surface area contributed by atoms with Crippen molar-refractivity contribution in [2.24, 2.45) is 7.05 Å². The van der Waals surface area contributed by atoms with Crippen molar-refractivity contribution in [2.75, 3.05) is 26.8 Å². The van der Waals surface area contributed by atoms with Gasteiger partial charge in [-0.2, -0.15) is 5.10 Å². The molecule has 1 unspecified atom stereocenters. The van der Waals surface area contributed by atoms with E-state index in [9.17, 15) is 4.79 Å². The fraction of sp³-hybridized carbons (Fsp3) is 0.444. The summed E-state index contributed by atoms with van der Waals surface area (Å²) in [6.07, 6.45) is 3.69. The molecule has 3 rings (SSSR count). The van der Waals surface area contributed by atoms with E-state index in [0.29, 0.717) is 37.0 Å². The highest BCUT2D eigenvalue weighted by molar-refractivity contribution is 6.31. The van der Waals surface area contributed by atoms with E-state index in [4.69, 9.17) is 21.1 Å². The number of ether oxygens (including phenoxy) is 2. The Balaban J connectivity index is 1.67. The Hall–Kier alpha value is -2.25. The fourth-order valence-corrected chi connectivity index (χ4v) is 3.32. The number of hydrogen-bond donors (Lipinski definition) is 1. The molecule has 26 heavy (non-hydrogen) atoms. The van der Waals surface area contributed by atoms with Gasteiger partial charge in [-0.25, -0.2) is 4.79 Å². The lowest BCUT2D eigenvalue weighted by Crippen LogP contribution is -2.53. The van der Waals surface area contributed by atoms with Gasteiger partial charge in [-0.05, 0) is 19.1 Å². The molecule has 2 aromatic rings. The zero-order valence-corrected chi connectivity index (χ0v) is 15.9. The normalized spacial score (nSPS) is 20.1. The fourth-order valence-electron chi connectivity index (χ4n) is 3.09. The molecule has 7 nitrogen and oxygen atoms in total. The van der Waals surface area contributed by atoms with Crippen LogP contribution in [0.15, 0.2) is 30.6 Å². The van der Waals surface area contributed by atoms with Gasteiger partial charge in [0.25, 0.3) is 0 Å². The van der Waals surface area contributed by atoms with Crippen molar-refractivity contribution >= 4 is 17.6 Å². The molecule has 1 N–H and O–H groups in total. The van der Waals surface area contributed by atoms with Crippen LogP contribution in [0.5, 0.6) is 5.75 Å². The molecule has 2 heterocycles. The molecule has 140 valence electrons. The molecule has 1 atom stereocenters. The summed E-state index contributed by atoms with van der Waals surface area (Å²) >= 11 is 6.23. The van der Waals surface area contributed by atoms with Crippen LogP contribution < -0.4 is 10.1 Å². The number of carbonyl (C=O) groups excluding carboxylic acids is 1. The lowest BCUT2D eigenvalue weighted by atomic mass is 9.97. The number of halogens is 1. The molecule has 1 aromatic heterocycles. The van der Waals surface area contributed by atoms with Crippen molar-refractivity contribution in [2.45, 2.75) is 19.1 Å². The number of aromatic nitrogens is 2. The van der Waals surface area contributed by atoms with Gasteiger partial charge < -0.3 is 19.7 Å². The topological polar surface area (TPSA) is 68.6 Å². The molecular formula is C18H23ClN4O3. The average molecular weight is 379 g/mol. The molecule has 1 saturated heterocycles. The van der Waals surface area contributed by atoms with Crippen LogP contribution in [-0.4, -0.2) is 47.5 Å². The van der Waals surface area contributed by atoms with Gasteiger partial charge in [-0.3, -0.25) is 4.68 Å². The number of hydrogen-bond acceptors (Lipinski definition) is 4. The van der Waals surface area contributed by atoms with E-state index >= 15 is 0 Å². The lowest BCUT2D eigenvalue weighted by molar-refractivity contribution is -0.0907. The number of amides is 2. The summed E-state index contributed by atoms with van der Waals surface area (Å²) in [6.45, 7) is 3.71. The van der Waals surface area contributed by atoms with E-state index in [-0.39, 0.29) is 6.03 Å². The molecule has 2 amide bonds. The molecule has 1 aliphatic heterocycles. The molecule has 8 heteroatoms. The van der Waals surface area contributed by atoms with Gasteiger partial charge in [0.2, 0.25) is 0 Å². The molecule has 1 fully saturated rings. The number of carbonyl (C=O) groups is 1. The van der Waals surface area contributed by atoms with Crippen LogP contribution in [0.25, 0.3) is 0 Å². The first-order chi connectivity index (χ1) is 12.4. The predicted molar refractivity (Wildman–Crippen MR) is 98.3 cm³/mol. The Morgan fingerprint density at radius 3 is 3.00 bits per heavy atom. The monoisotopic (exact) mass is 378 g/mol. The summed E-state index contributed by atoms with van der Waals surface area (Å²) in [7, 11) is 3.44. The standard InChI is InChI=1S/C18H23ClN4O3/c1-18(13-9-21-22(2)11-13)12-23(7-8-26-18)17(24)20-10-14-15(19)5-4-6-16(14)25-3/h4-6,9,11H,7-8,10,12H2,1-3H3,(H,20,24). The Bertz CT molecular complexity index is 794. The summed E-state index contributed by atoms with van der Waals surface area (Å²) in [5.74, 6) is 0.653. The predicted octanol–water partition coefficient (Wildman–Crippen LogP) is 2.54. The number of urea groups is 1. The third-order valence-electron chi connectivity index (χ3n) is 4.59. The maximum Gasteiger partial charge on any atom is 0.317 e. The number of nitrogens with one attached hydrogen (secondary N) is 1. The van der Waals surface area contributed by atoms with Gasteiger partial charge >= 0.3 is 6.03 Å². The molecule has 1 aliphatic rings. The molecule has 0 spiro atoms. The minimum Gasteiger partial charge on any atom is -0.496 e. The second-order valence-corrected chi connectivity index (χ2v) is 6.89. The van der Waals surface area contributed by atoms with Gasteiger partial charge in [-0.15, -0.1) is 0 Å². The van der Waals surface area contributed by atoms with E-state index in [0.717, 1.165) is 11.1 Å². The molecule has 1 aromatic carbocycles. The van der Waals surface area contributed by atoms with Gasteiger partial charge in [-0.1, -0.05) is 17.7 Å². The molecule has 0 bridgehead atoms. The van der Waals surface area contributed by atoms with Crippen LogP contribution >= 0.6 is 11.6 Å². The highest BCUT2D eigenvalue weighted by Crippen LogP contribution is 2.29. The molecular weight excluding hydrogens is 356 g/mol. The van der Waals surface area contributed by atoms with E-state index in [1.165, 1.54) is 0 Å². The smallest absolute Gasteiger partial charge is 0.317 e. The van der Waals surface area contributed by atoms with Crippen molar-refractivity contribution in [3.8, 4) is 5.75 Å². The summed E-state index contributed by atoms with van der Waals surface area (Å²) in [5.41, 5.74) is 1.13. The summed E-state index contributed by atoms with van der Waals surface area (Å²) < 4.78 is 13.0. The minimum absolute atomic E-state index is 0.162. The van der Waals surface area contributed by atoms with Crippen LogP contribution in [0.4, 0.5) is 4.79 Å². The largest absolute Gasteiger partial charge is 0.496 e. The van der Waals surface area contributed by atoms with Crippen LogP contribution in [0.1, 0.15) is 18.1 Å².